The highest BCUT2D eigenvalue weighted by Gasteiger charge is 2.32. The molecule has 0 aliphatic carbocycles. The number of aryl methyl sites for hydroxylation is 1. The fraction of sp³-hybridized carbons (Fsp3) is 0.286. The minimum atomic E-state index is -0.135. The van der Waals surface area contributed by atoms with Crippen LogP contribution in [0.3, 0.4) is 0 Å². The molecule has 1 atom stereocenters. The summed E-state index contributed by atoms with van der Waals surface area (Å²) in [6, 6.07) is 25.6. The number of carbonyl (C=O) groups is 2. The monoisotopic (exact) mass is 474 g/mol. The highest BCUT2D eigenvalue weighted by Crippen LogP contribution is 2.39. The van der Waals surface area contributed by atoms with Crippen molar-refractivity contribution in [3.8, 4) is 5.75 Å². The number of benzene rings is 3. The van der Waals surface area contributed by atoms with E-state index in [1.54, 1.807) is 11.8 Å². The SMILES string of the molecule is CCCc1ccc(OCCNC(=O)c2ccc([C@H]3SCC(=O)N3Cc3ccccc3)cc2)cc1. The Labute approximate surface area is 205 Å². The number of ether oxygens (including phenoxy) is 1. The van der Waals surface area contributed by atoms with E-state index in [4.69, 9.17) is 4.74 Å². The third kappa shape index (κ3) is 6.20. The number of amides is 2. The molecule has 0 radical (unpaired) electrons. The Hall–Kier alpha value is -3.25. The normalized spacial score (nSPS) is 15.4. The Morgan fingerprint density at radius 2 is 1.74 bits per heavy atom. The van der Waals surface area contributed by atoms with Crippen molar-refractivity contribution >= 4 is 23.6 Å². The molecular formula is C28H30N2O3S. The van der Waals surface area contributed by atoms with Gasteiger partial charge < -0.3 is 15.0 Å². The van der Waals surface area contributed by atoms with Crippen LogP contribution in [0.5, 0.6) is 5.75 Å². The van der Waals surface area contributed by atoms with Crippen LogP contribution in [0, 0.1) is 0 Å². The number of nitrogens with zero attached hydrogens (tertiary/aromatic N) is 1. The van der Waals surface area contributed by atoms with Crippen LogP contribution < -0.4 is 10.1 Å². The summed E-state index contributed by atoms with van der Waals surface area (Å²) in [6.07, 6.45) is 2.19. The van der Waals surface area contributed by atoms with Crippen LogP contribution in [-0.2, 0) is 17.8 Å². The van der Waals surface area contributed by atoms with Gasteiger partial charge in [0, 0.05) is 12.1 Å². The van der Waals surface area contributed by atoms with E-state index >= 15 is 0 Å². The van der Waals surface area contributed by atoms with Crippen LogP contribution in [0.25, 0.3) is 0 Å². The summed E-state index contributed by atoms with van der Waals surface area (Å²) < 4.78 is 5.73. The zero-order valence-corrected chi connectivity index (χ0v) is 20.2. The molecule has 3 aromatic carbocycles. The predicted octanol–water partition coefficient (Wildman–Crippen LogP) is 5.22. The zero-order valence-electron chi connectivity index (χ0n) is 19.4. The standard InChI is InChI=1S/C28H30N2O3S/c1-2-6-21-9-15-25(16-10-21)33-18-17-29-27(32)23-11-13-24(14-12-23)28-30(26(31)20-34-28)19-22-7-4-3-5-8-22/h3-5,7-16,28H,2,6,17-20H2,1H3,(H,29,32)/t28-/m1/s1. The van der Waals surface area contributed by atoms with E-state index < -0.39 is 0 Å². The first kappa shape index (κ1) is 23.9. The number of hydrogen-bond donors (Lipinski definition) is 1. The van der Waals surface area contributed by atoms with Gasteiger partial charge in [-0.2, -0.15) is 0 Å². The Morgan fingerprint density at radius 3 is 2.44 bits per heavy atom. The molecule has 1 fully saturated rings. The van der Waals surface area contributed by atoms with Gasteiger partial charge in [0.15, 0.2) is 0 Å². The first-order valence-electron chi connectivity index (χ1n) is 11.7. The first-order chi connectivity index (χ1) is 16.6. The third-order valence-corrected chi connectivity index (χ3v) is 7.00. The molecule has 4 rings (SSSR count). The molecule has 1 aliphatic rings. The lowest BCUT2D eigenvalue weighted by Gasteiger charge is -2.24. The average molecular weight is 475 g/mol. The molecule has 0 spiro atoms. The van der Waals surface area contributed by atoms with Gasteiger partial charge >= 0.3 is 0 Å². The van der Waals surface area contributed by atoms with Crippen molar-refractivity contribution in [3.63, 3.8) is 0 Å². The van der Waals surface area contributed by atoms with Crippen LogP contribution in [0.1, 0.15) is 45.8 Å². The molecular weight excluding hydrogens is 444 g/mol. The first-order valence-corrected chi connectivity index (χ1v) is 12.7. The molecule has 176 valence electrons. The van der Waals surface area contributed by atoms with Gasteiger partial charge in [-0.3, -0.25) is 9.59 Å². The fourth-order valence-electron chi connectivity index (χ4n) is 3.96. The number of nitrogens with one attached hydrogen (secondary N) is 1. The van der Waals surface area contributed by atoms with Crippen LogP contribution in [0.15, 0.2) is 78.9 Å². The molecule has 3 aromatic rings. The summed E-state index contributed by atoms with van der Waals surface area (Å²) in [5, 5.41) is 2.86. The fourth-order valence-corrected chi connectivity index (χ4v) is 5.14. The maximum atomic E-state index is 12.5. The smallest absolute Gasteiger partial charge is 0.251 e. The summed E-state index contributed by atoms with van der Waals surface area (Å²) in [4.78, 5) is 26.9. The van der Waals surface area contributed by atoms with Gasteiger partial charge in [-0.05, 0) is 47.4 Å². The molecule has 5 nitrogen and oxygen atoms in total. The van der Waals surface area contributed by atoms with E-state index in [1.165, 1.54) is 5.56 Å². The molecule has 0 bridgehead atoms. The summed E-state index contributed by atoms with van der Waals surface area (Å²) in [5.74, 6) is 1.29. The van der Waals surface area contributed by atoms with Crippen LogP contribution >= 0.6 is 11.8 Å². The number of rotatable bonds is 10. The van der Waals surface area contributed by atoms with Gasteiger partial charge in [0.2, 0.25) is 5.91 Å². The summed E-state index contributed by atoms with van der Waals surface area (Å²) in [7, 11) is 0. The molecule has 1 N–H and O–H groups in total. The maximum Gasteiger partial charge on any atom is 0.251 e. The van der Waals surface area contributed by atoms with E-state index in [0.29, 0.717) is 31.0 Å². The Morgan fingerprint density at radius 1 is 1.00 bits per heavy atom. The van der Waals surface area contributed by atoms with Gasteiger partial charge in [0.25, 0.3) is 5.91 Å². The molecule has 1 aliphatic heterocycles. The van der Waals surface area contributed by atoms with Crippen LogP contribution in [-0.4, -0.2) is 35.6 Å². The molecule has 6 heteroatoms. The van der Waals surface area contributed by atoms with Crippen LogP contribution in [0.4, 0.5) is 0 Å². The molecule has 0 saturated carbocycles. The molecule has 2 amide bonds. The van der Waals surface area contributed by atoms with E-state index in [9.17, 15) is 9.59 Å². The number of carbonyl (C=O) groups excluding carboxylic acids is 2. The van der Waals surface area contributed by atoms with Crippen molar-refractivity contribution in [3.05, 3.63) is 101 Å². The minimum Gasteiger partial charge on any atom is -0.492 e. The summed E-state index contributed by atoms with van der Waals surface area (Å²) in [6.45, 7) is 3.58. The topological polar surface area (TPSA) is 58.6 Å². The van der Waals surface area contributed by atoms with Gasteiger partial charge in [-0.15, -0.1) is 11.8 Å². The molecule has 1 saturated heterocycles. The van der Waals surface area contributed by atoms with Gasteiger partial charge in [0.1, 0.15) is 17.7 Å². The Bertz CT molecular complexity index is 1080. The summed E-state index contributed by atoms with van der Waals surface area (Å²) >= 11 is 1.62. The number of thioether (sulfide) groups is 1. The van der Waals surface area contributed by atoms with Crippen LogP contribution in [0.2, 0.25) is 0 Å². The van der Waals surface area contributed by atoms with Crippen molar-refractivity contribution in [1.82, 2.24) is 10.2 Å². The predicted molar refractivity (Wildman–Crippen MR) is 137 cm³/mol. The Kier molecular flexibility index (Phi) is 8.26. The second-order valence-corrected chi connectivity index (χ2v) is 9.36. The van der Waals surface area contributed by atoms with Crippen molar-refractivity contribution in [2.24, 2.45) is 0 Å². The van der Waals surface area contributed by atoms with Gasteiger partial charge in [0.05, 0.1) is 12.3 Å². The molecule has 34 heavy (non-hydrogen) atoms. The van der Waals surface area contributed by atoms with Crippen molar-refractivity contribution in [2.45, 2.75) is 31.7 Å². The van der Waals surface area contributed by atoms with Crippen molar-refractivity contribution in [2.75, 3.05) is 18.9 Å². The van der Waals surface area contributed by atoms with Gasteiger partial charge in [-0.25, -0.2) is 0 Å². The lowest BCUT2D eigenvalue weighted by molar-refractivity contribution is -0.128. The van der Waals surface area contributed by atoms with E-state index in [2.05, 4.69) is 24.4 Å². The van der Waals surface area contributed by atoms with E-state index in [0.717, 1.165) is 29.7 Å². The zero-order chi connectivity index (χ0) is 23.8. The quantitative estimate of drug-likeness (QED) is 0.409. The second kappa shape index (κ2) is 11.7. The largest absolute Gasteiger partial charge is 0.492 e. The average Bonchev–Trinajstić information content (AvgIpc) is 3.23. The van der Waals surface area contributed by atoms with Crippen molar-refractivity contribution in [1.29, 1.82) is 0 Å². The highest BCUT2D eigenvalue weighted by molar-refractivity contribution is 8.00. The lowest BCUT2D eigenvalue weighted by Crippen LogP contribution is -2.28. The highest BCUT2D eigenvalue weighted by atomic mass is 32.2. The van der Waals surface area contributed by atoms with Gasteiger partial charge in [-0.1, -0.05) is 67.9 Å². The van der Waals surface area contributed by atoms with E-state index in [-0.39, 0.29) is 17.2 Å². The summed E-state index contributed by atoms with van der Waals surface area (Å²) in [5.41, 5.74) is 4.03. The lowest BCUT2D eigenvalue weighted by atomic mass is 10.1. The van der Waals surface area contributed by atoms with Crippen molar-refractivity contribution < 1.29 is 14.3 Å². The second-order valence-electron chi connectivity index (χ2n) is 8.29. The maximum absolute atomic E-state index is 12.5. The minimum absolute atomic E-state index is 0.0399. The number of hydrogen-bond acceptors (Lipinski definition) is 4. The third-order valence-electron chi connectivity index (χ3n) is 5.74. The molecule has 1 heterocycles. The molecule has 0 aromatic heterocycles. The van der Waals surface area contributed by atoms with E-state index in [1.807, 2.05) is 71.6 Å². The Balaban J connectivity index is 1.27. The molecule has 0 unspecified atom stereocenters.